The molecule has 2 aromatic carbocycles. The second kappa shape index (κ2) is 5.80. The molecule has 0 aliphatic heterocycles. The summed E-state index contributed by atoms with van der Waals surface area (Å²) >= 11 is 5.75. The predicted octanol–water partition coefficient (Wildman–Crippen LogP) is 3.01. The molecule has 0 radical (unpaired) electrons. The van der Waals surface area contributed by atoms with Gasteiger partial charge in [-0.3, -0.25) is 4.79 Å². The number of rotatable bonds is 3. The summed E-state index contributed by atoms with van der Waals surface area (Å²) in [5, 5.41) is 11.6. The molecule has 21 heavy (non-hydrogen) atoms. The van der Waals surface area contributed by atoms with Crippen molar-refractivity contribution in [3.05, 3.63) is 58.4 Å². The number of anilines is 2. The van der Waals surface area contributed by atoms with Crippen LogP contribution in [0.4, 0.5) is 15.8 Å². The number of aromatic carboxylic acids is 1. The third-order valence-corrected chi connectivity index (χ3v) is 3.06. The van der Waals surface area contributed by atoms with Gasteiger partial charge in [-0.25, -0.2) is 9.18 Å². The molecule has 7 heteroatoms. The summed E-state index contributed by atoms with van der Waals surface area (Å²) in [5.41, 5.74) is 5.72. The lowest BCUT2D eigenvalue weighted by Crippen LogP contribution is -2.13. The van der Waals surface area contributed by atoms with E-state index in [0.717, 1.165) is 12.1 Å². The molecule has 0 aromatic heterocycles. The van der Waals surface area contributed by atoms with E-state index in [1.54, 1.807) is 0 Å². The van der Waals surface area contributed by atoms with Crippen LogP contribution in [0.5, 0.6) is 0 Å². The van der Waals surface area contributed by atoms with Crippen LogP contribution in [0.25, 0.3) is 0 Å². The van der Waals surface area contributed by atoms with Crippen molar-refractivity contribution < 1.29 is 19.1 Å². The summed E-state index contributed by atoms with van der Waals surface area (Å²) in [5.74, 6) is -2.81. The fourth-order valence-electron chi connectivity index (χ4n) is 1.66. The minimum atomic E-state index is -1.42. The van der Waals surface area contributed by atoms with Crippen LogP contribution >= 0.6 is 11.6 Å². The summed E-state index contributed by atoms with van der Waals surface area (Å²) in [6.45, 7) is 0. The van der Waals surface area contributed by atoms with Crippen LogP contribution in [-0.2, 0) is 0 Å². The van der Waals surface area contributed by atoms with Crippen LogP contribution in [0.15, 0.2) is 36.4 Å². The maximum atomic E-state index is 13.3. The standard InChI is InChI=1S/C14H10ClFN2O3/c15-10-3-1-7(5-12(10)17)13(19)18-8-2-4-11(16)9(6-8)14(20)21/h1-6H,17H2,(H,18,19)(H,20,21). The van der Waals surface area contributed by atoms with E-state index < -0.39 is 23.3 Å². The molecular weight excluding hydrogens is 299 g/mol. The van der Waals surface area contributed by atoms with E-state index >= 15 is 0 Å². The molecular formula is C14H10ClFN2O3. The topological polar surface area (TPSA) is 92.4 Å². The van der Waals surface area contributed by atoms with Gasteiger partial charge in [-0.15, -0.1) is 0 Å². The summed E-state index contributed by atoms with van der Waals surface area (Å²) in [4.78, 5) is 22.8. The number of nitrogen functional groups attached to an aromatic ring is 1. The lowest BCUT2D eigenvalue weighted by Gasteiger charge is -2.08. The van der Waals surface area contributed by atoms with Crippen LogP contribution in [-0.4, -0.2) is 17.0 Å². The highest BCUT2D eigenvalue weighted by atomic mass is 35.5. The Labute approximate surface area is 124 Å². The maximum Gasteiger partial charge on any atom is 0.338 e. The van der Waals surface area contributed by atoms with Crippen molar-refractivity contribution >= 4 is 34.9 Å². The van der Waals surface area contributed by atoms with Gasteiger partial charge in [0, 0.05) is 11.3 Å². The third-order valence-electron chi connectivity index (χ3n) is 2.71. The summed E-state index contributed by atoms with van der Waals surface area (Å²) in [7, 11) is 0. The summed E-state index contributed by atoms with van der Waals surface area (Å²) in [6, 6.07) is 7.59. The first-order valence-electron chi connectivity index (χ1n) is 5.77. The first-order chi connectivity index (χ1) is 9.88. The lowest BCUT2D eigenvalue weighted by molar-refractivity contribution is 0.0691. The fourth-order valence-corrected chi connectivity index (χ4v) is 1.77. The second-order valence-electron chi connectivity index (χ2n) is 4.19. The molecule has 2 rings (SSSR count). The van der Waals surface area contributed by atoms with Gasteiger partial charge in [0.2, 0.25) is 0 Å². The molecule has 0 aliphatic rings. The van der Waals surface area contributed by atoms with Gasteiger partial charge in [-0.1, -0.05) is 11.6 Å². The molecule has 0 fully saturated rings. The Kier molecular flexibility index (Phi) is 4.09. The highest BCUT2D eigenvalue weighted by Gasteiger charge is 2.13. The number of carboxylic acids is 1. The third kappa shape index (κ3) is 3.29. The number of carbonyl (C=O) groups excluding carboxylic acids is 1. The van der Waals surface area contributed by atoms with Crippen molar-refractivity contribution in [3.8, 4) is 0 Å². The Morgan fingerprint density at radius 2 is 1.90 bits per heavy atom. The zero-order valence-electron chi connectivity index (χ0n) is 10.6. The first-order valence-corrected chi connectivity index (χ1v) is 6.15. The van der Waals surface area contributed by atoms with E-state index in [0.29, 0.717) is 5.02 Å². The highest BCUT2D eigenvalue weighted by Crippen LogP contribution is 2.21. The van der Waals surface area contributed by atoms with Crippen LogP contribution in [0.1, 0.15) is 20.7 Å². The lowest BCUT2D eigenvalue weighted by atomic mass is 10.1. The summed E-state index contributed by atoms with van der Waals surface area (Å²) < 4.78 is 13.3. The van der Waals surface area contributed by atoms with Gasteiger partial charge < -0.3 is 16.2 Å². The van der Waals surface area contributed by atoms with Crippen LogP contribution in [0, 0.1) is 5.82 Å². The van der Waals surface area contributed by atoms with E-state index in [9.17, 15) is 14.0 Å². The van der Waals surface area contributed by atoms with Gasteiger partial charge in [-0.2, -0.15) is 0 Å². The van der Waals surface area contributed by atoms with E-state index in [-0.39, 0.29) is 16.9 Å². The molecule has 0 saturated heterocycles. The molecule has 0 bridgehead atoms. The number of hydrogen-bond donors (Lipinski definition) is 3. The van der Waals surface area contributed by atoms with E-state index in [1.165, 1.54) is 24.3 Å². The monoisotopic (exact) mass is 308 g/mol. The number of nitrogens with one attached hydrogen (secondary N) is 1. The van der Waals surface area contributed by atoms with Gasteiger partial charge in [0.15, 0.2) is 0 Å². The van der Waals surface area contributed by atoms with Gasteiger partial charge in [0.05, 0.1) is 16.3 Å². The largest absolute Gasteiger partial charge is 0.478 e. The molecule has 2 aromatic rings. The average molecular weight is 309 g/mol. The number of nitrogens with two attached hydrogens (primary N) is 1. The average Bonchev–Trinajstić information content (AvgIpc) is 2.43. The van der Waals surface area contributed by atoms with Crippen molar-refractivity contribution in [2.45, 2.75) is 0 Å². The highest BCUT2D eigenvalue weighted by molar-refractivity contribution is 6.33. The molecule has 1 amide bonds. The Morgan fingerprint density at radius 3 is 2.52 bits per heavy atom. The molecule has 4 N–H and O–H groups in total. The molecule has 0 saturated carbocycles. The molecule has 5 nitrogen and oxygen atoms in total. The minimum Gasteiger partial charge on any atom is -0.478 e. The number of benzene rings is 2. The number of amides is 1. The second-order valence-corrected chi connectivity index (χ2v) is 4.60. The first kappa shape index (κ1) is 14.8. The molecule has 0 spiro atoms. The van der Waals surface area contributed by atoms with Crippen molar-refractivity contribution in [3.63, 3.8) is 0 Å². The summed E-state index contributed by atoms with van der Waals surface area (Å²) in [6.07, 6.45) is 0. The van der Waals surface area contributed by atoms with E-state index in [4.69, 9.17) is 22.4 Å². The zero-order valence-corrected chi connectivity index (χ0v) is 11.3. The smallest absolute Gasteiger partial charge is 0.338 e. The van der Waals surface area contributed by atoms with Gasteiger partial charge in [0.25, 0.3) is 5.91 Å². The number of halogens is 2. The predicted molar refractivity (Wildman–Crippen MR) is 77.2 cm³/mol. The fraction of sp³-hybridized carbons (Fsp3) is 0. The van der Waals surface area contributed by atoms with Crippen LogP contribution < -0.4 is 11.1 Å². The number of carboxylic acid groups (broad SMARTS) is 1. The molecule has 0 unspecified atom stereocenters. The van der Waals surface area contributed by atoms with E-state index in [1.807, 2.05) is 0 Å². The van der Waals surface area contributed by atoms with Crippen LogP contribution in [0.2, 0.25) is 5.02 Å². The van der Waals surface area contributed by atoms with Crippen LogP contribution in [0.3, 0.4) is 0 Å². The normalized spacial score (nSPS) is 10.2. The number of carbonyl (C=O) groups is 2. The maximum absolute atomic E-state index is 13.3. The minimum absolute atomic E-state index is 0.160. The Hall–Kier alpha value is -2.60. The van der Waals surface area contributed by atoms with Crippen molar-refractivity contribution in [1.29, 1.82) is 0 Å². The van der Waals surface area contributed by atoms with Gasteiger partial charge in [0.1, 0.15) is 5.82 Å². The number of hydrogen-bond acceptors (Lipinski definition) is 3. The van der Waals surface area contributed by atoms with Gasteiger partial charge in [-0.05, 0) is 36.4 Å². The van der Waals surface area contributed by atoms with Crippen molar-refractivity contribution in [2.75, 3.05) is 11.1 Å². The Balaban J connectivity index is 2.25. The van der Waals surface area contributed by atoms with E-state index in [2.05, 4.69) is 5.32 Å². The van der Waals surface area contributed by atoms with Gasteiger partial charge >= 0.3 is 5.97 Å². The molecule has 0 aliphatic carbocycles. The molecule has 0 atom stereocenters. The zero-order chi connectivity index (χ0) is 15.6. The van der Waals surface area contributed by atoms with Crippen molar-refractivity contribution in [1.82, 2.24) is 0 Å². The molecule has 108 valence electrons. The Morgan fingerprint density at radius 1 is 1.19 bits per heavy atom. The SMILES string of the molecule is Nc1cc(C(=O)Nc2ccc(F)c(C(=O)O)c2)ccc1Cl. The molecule has 0 heterocycles. The quantitative estimate of drug-likeness (QED) is 0.760. The Bertz CT molecular complexity index is 734. The van der Waals surface area contributed by atoms with Crippen molar-refractivity contribution in [2.24, 2.45) is 0 Å².